The molecule has 0 unspecified atom stereocenters. The van der Waals surface area contributed by atoms with Gasteiger partial charge in [0.25, 0.3) is 0 Å². The van der Waals surface area contributed by atoms with E-state index in [1.807, 2.05) is 0 Å². The van der Waals surface area contributed by atoms with Crippen LogP contribution < -0.4 is 15.2 Å². The predicted molar refractivity (Wildman–Crippen MR) is 96.0 cm³/mol. The average Bonchev–Trinajstić information content (AvgIpc) is 3.04. The van der Waals surface area contributed by atoms with Crippen molar-refractivity contribution in [1.29, 1.82) is 0 Å². The number of hydrogen-bond donors (Lipinski definition) is 0. The molecule has 0 saturated carbocycles. The summed E-state index contributed by atoms with van der Waals surface area (Å²) < 4.78 is 17.9. The topological polar surface area (TPSA) is 66.2 Å². The van der Waals surface area contributed by atoms with Crippen LogP contribution in [0, 0.1) is 5.82 Å². The van der Waals surface area contributed by atoms with Crippen LogP contribution in [-0.2, 0) is 13.6 Å². The predicted octanol–water partition coefficient (Wildman–Crippen LogP) is 1.90. The summed E-state index contributed by atoms with van der Waals surface area (Å²) in [6.45, 7) is 0.207. The van der Waals surface area contributed by atoms with Gasteiger partial charge in [0.1, 0.15) is 17.2 Å². The zero-order chi connectivity index (χ0) is 19.1. The molecule has 6 nitrogen and oxygen atoms in total. The van der Waals surface area contributed by atoms with Crippen LogP contribution >= 0.6 is 11.6 Å². The molecule has 0 aliphatic rings. The number of nitrogens with zero attached hydrogens (tertiary/aromatic N) is 4. The SMILES string of the molecule is C[n+]1ccn2c(=O)c(-c3ccc(F)cc3)c([O-])n(Cc3ccc(Cl)nc3)c21. The first-order chi connectivity index (χ1) is 13.0. The fourth-order valence-corrected chi connectivity index (χ4v) is 3.19. The Balaban J connectivity index is 1.99. The standard InChI is InChI=1S/C19H14ClFN4O2/c1-23-8-9-24-17(26)16(13-3-5-14(21)6-4-13)18(27)25(19(23)24)11-12-2-7-15(20)22-10-12/h2-10H,11H2,1H3. The monoisotopic (exact) mass is 384 g/mol. The van der Waals surface area contributed by atoms with Crippen molar-refractivity contribution in [2.75, 3.05) is 0 Å². The maximum atomic E-state index is 13.3. The molecule has 0 aliphatic carbocycles. The van der Waals surface area contributed by atoms with Gasteiger partial charge in [0.05, 0.1) is 25.4 Å². The van der Waals surface area contributed by atoms with E-state index in [2.05, 4.69) is 4.98 Å². The highest BCUT2D eigenvalue weighted by Gasteiger charge is 2.21. The number of rotatable bonds is 3. The number of imidazole rings is 1. The molecule has 0 atom stereocenters. The third-order valence-corrected chi connectivity index (χ3v) is 4.59. The molecule has 0 spiro atoms. The van der Waals surface area contributed by atoms with Crippen molar-refractivity contribution in [3.8, 4) is 17.0 Å². The molecule has 0 amide bonds. The van der Waals surface area contributed by atoms with Crippen LogP contribution in [0.15, 0.2) is 59.8 Å². The Labute approximate surface area is 158 Å². The smallest absolute Gasteiger partial charge is 0.371 e. The van der Waals surface area contributed by atoms with Crippen molar-refractivity contribution in [3.05, 3.63) is 81.9 Å². The van der Waals surface area contributed by atoms with Gasteiger partial charge in [-0.25, -0.2) is 23.3 Å². The zero-order valence-corrected chi connectivity index (χ0v) is 15.0. The van der Waals surface area contributed by atoms with Gasteiger partial charge in [0.15, 0.2) is 0 Å². The van der Waals surface area contributed by atoms with Crippen LogP contribution in [0.25, 0.3) is 16.9 Å². The van der Waals surface area contributed by atoms with E-state index in [-0.39, 0.29) is 12.1 Å². The van der Waals surface area contributed by atoms with Crippen LogP contribution in [0.3, 0.4) is 0 Å². The molecule has 0 bridgehead atoms. The summed E-state index contributed by atoms with van der Waals surface area (Å²) in [6.07, 6.45) is 4.87. The van der Waals surface area contributed by atoms with Crippen LogP contribution in [0.5, 0.6) is 5.88 Å². The molecular formula is C19H14ClFN4O2. The summed E-state index contributed by atoms with van der Waals surface area (Å²) in [5.74, 6) is -0.457. The summed E-state index contributed by atoms with van der Waals surface area (Å²) >= 11 is 5.83. The molecule has 0 fully saturated rings. The number of benzene rings is 1. The van der Waals surface area contributed by atoms with Gasteiger partial charge in [0.2, 0.25) is 0 Å². The first kappa shape index (κ1) is 17.2. The molecule has 8 heteroatoms. The summed E-state index contributed by atoms with van der Waals surface area (Å²) in [5.41, 5.74) is 0.661. The number of pyridine rings is 1. The molecular weight excluding hydrogens is 371 g/mol. The Morgan fingerprint density at radius 1 is 1.22 bits per heavy atom. The largest absolute Gasteiger partial charge is 0.848 e. The number of halogens is 2. The van der Waals surface area contributed by atoms with E-state index < -0.39 is 17.3 Å². The van der Waals surface area contributed by atoms with Gasteiger partial charge >= 0.3 is 11.3 Å². The minimum absolute atomic E-state index is 0.0133. The van der Waals surface area contributed by atoms with Crippen LogP contribution in [0.1, 0.15) is 5.56 Å². The van der Waals surface area contributed by atoms with Crippen molar-refractivity contribution in [3.63, 3.8) is 0 Å². The molecule has 0 radical (unpaired) electrons. The third kappa shape index (κ3) is 2.96. The molecule has 0 aliphatic heterocycles. The molecule has 4 rings (SSSR count). The second kappa shape index (κ2) is 6.51. The molecule has 3 heterocycles. The minimum Gasteiger partial charge on any atom is -0.848 e. The van der Waals surface area contributed by atoms with Gasteiger partial charge in [-0.05, 0) is 23.8 Å². The highest BCUT2D eigenvalue weighted by atomic mass is 35.5. The number of aryl methyl sites for hydroxylation is 1. The van der Waals surface area contributed by atoms with Gasteiger partial charge < -0.3 is 5.11 Å². The first-order valence-electron chi connectivity index (χ1n) is 8.12. The highest BCUT2D eigenvalue weighted by molar-refractivity contribution is 6.29. The van der Waals surface area contributed by atoms with Crippen molar-refractivity contribution in [2.45, 2.75) is 6.54 Å². The number of aromatic nitrogens is 4. The summed E-state index contributed by atoms with van der Waals surface area (Å²) in [7, 11) is 1.75. The Morgan fingerprint density at radius 3 is 2.63 bits per heavy atom. The minimum atomic E-state index is -0.455. The molecule has 136 valence electrons. The molecule has 27 heavy (non-hydrogen) atoms. The second-order valence-corrected chi connectivity index (χ2v) is 6.53. The van der Waals surface area contributed by atoms with Gasteiger partial charge in [-0.15, -0.1) is 0 Å². The van der Waals surface area contributed by atoms with Gasteiger partial charge in [-0.1, -0.05) is 29.8 Å². The van der Waals surface area contributed by atoms with E-state index in [1.54, 1.807) is 42.3 Å². The maximum absolute atomic E-state index is 13.3. The van der Waals surface area contributed by atoms with E-state index in [0.717, 1.165) is 5.56 Å². The van der Waals surface area contributed by atoms with E-state index in [0.29, 0.717) is 16.5 Å². The molecule has 3 aromatic heterocycles. The third-order valence-electron chi connectivity index (χ3n) is 4.37. The van der Waals surface area contributed by atoms with Crippen LogP contribution in [0.2, 0.25) is 5.15 Å². The second-order valence-electron chi connectivity index (χ2n) is 6.15. The van der Waals surface area contributed by atoms with Gasteiger partial charge in [-0.3, -0.25) is 0 Å². The molecule has 0 saturated heterocycles. The Bertz CT molecular complexity index is 1200. The summed E-state index contributed by atoms with van der Waals surface area (Å²) in [6, 6.07) is 8.71. The first-order valence-corrected chi connectivity index (χ1v) is 8.50. The van der Waals surface area contributed by atoms with E-state index in [4.69, 9.17) is 11.6 Å². The van der Waals surface area contributed by atoms with E-state index in [9.17, 15) is 14.3 Å². The zero-order valence-electron chi connectivity index (χ0n) is 14.3. The molecule has 4 aromatic rings. The summed E-state index contributed by atoms with van der Waals surface area (Å²) in [4.78, 5) is 16.9. The van der Waals surface area contributed by atoms with E-state index in [1.165, 1.54) is 33.2 Å². The van der Waals surface area contributed by atoms with Crippen LogP contribution in [-0.4, -0.2) is 14.0 Å². The Morgan fingerprint density at radius 2 is 1.96 bits per heavy atom. The summed E-state index contributed by atoms with van der Waals surface area (Å²) in [5, 5.41) is 13.6. The molecule has 1 aromatic carbocycles. The fraction of sp³-hybridized carbons (Fsp3) is 0.105. The van der Waals surface area contributed by atoms with Crippen LogP contribution in [0.4, 0.5) is 4.39 Å². The molecule has 0 N–H and O–H groups in total. The van der Waals surface area contributed by atoms with Crippen molar-refractivity contribution in [1.82, 2.24) is 14.0 Å². The normalized spacial score (nSPS) is 11.2. The quantitative estimate of drug-likeness (QED) is 0.400. The maximum Gasteiger partial charge on any atom is 0.371 e. The lowest BCUT2D eigenvalue weighted by atomic mass is 10.1. The number of fused-ring (bicyclic) bond motifs is 1. The highest BCUT2D eigenvalue weighted by Crippen LogP contribution is 2.25. The number of hydrogen-bond acceptors (Lipinski definition) is 3. The average molecular weight is 385 g/mol. The lowest BCUT2D eigenvalue weighted by Crippen LogP contribution is -2.34. The van der Waals surface area contributed by atoms with Gasteiger partial charge in [-0.2, -0.15) is 4.40 Å². The van der Waals surface area contributed by atoms with Crippen molar-refractivity contribution < 1.29 is 14.1 Å². The lowest BCUT2D eigenvalue weighted by Gasteiger charge is -2.17. The van der Waals surface area contributed by atoms with Crippen molar-refractivity contribution >= 4 is 17.4 Å². The van der Waals surface area contributed by atoms with E-state index >= 15 is 0 Å². The van der Waals surface area contributed by atoms with Gasteiger partial charge in [0, 0.05) is 17.6 Å². The van der Waals surface area contributed by atoms with Crippen molar-refractivity contribution in [2.24, 2.45) is 7.05 Å². The Kier molecular flexibility index (Phi) is 4.16. The lowest BCUT2D eigenvalue weighted by molar-refractivity contribution is -0.647. The Hall–Kier alpha value is -3.19. The fourth-order valence-electron chi connectivity index (χ4n) is 3.08.